The molecule has 3 heterocycles. The van der Waals surface area contributed by atoms with Gasteiger partial charge in [0.1, 0.15) is 18.9 Å². The van der Waals surface area contributed by atoms with Crippen LogP contribution in [0.15, 0.2) is 29.6 Å². The van der Waals surface area contributed by atoms with Gasteiger partial charge >= 0.3 is 0 Å². The van der Waals surface area contributed by atoms with E-state index in [-0.39, 0.29) is 5.91 Å². The SMILES string of the molecule is O=C(CSc1nnc(C2CC2)n1C1CC1)N1CCN(c2cccc[nH+]2)CC1. The van der Waals surface area contributed by atoms with Crippen LogP contribution in [-0.4, -0.2) is 57.5 Å². The number of carbonyl (C=O) groups excluding carboxylic acids is 1. The first-order chi connectivity index (χ1) is 13.3. The molecule has 2 aromatic heterocycles. The molecule has 7 nitrogen and oxygen atoms in total. The zero-order chi connectivity index (χ0) is 18.2. The van der Waals surface area contributed by atoms with Crippen molar-refractivity contribution in [1.29, 1.82) is 0 Å². The van der Waals surface area contributed by atoms with Gasteiger partial charge < -0.3 is 9.47 Å². The van der Waals surface area contributed by atoms with Gasteiger partial charge in [-0.05, 0) is 31.7 Å². The summed E-state index contributed by atoms with van der Waals surface area (Å²) >= 11 is 1.56. The number of nitrogens with one attached hydrogen (secondary N) is 1. The van der Waals surface area contributed by atoms with E-state index in [1.165, 1.54) is 25.7 Å². The molecule has 0 radical (unpaired) electrons. The van der Waals surface area contributed by atoms with Crippen molar-refractivity contribution in [3.8, 4) is 0 Å². The largest absolute Gasteiger partial charge is 0.334 e. The van der Waals surface area contributed by atoms with Crippen molar-refractivity contribution in [1.82, 2.24) is 19.7 Å². The molecular formula is C19H25N6OS+. The van der Waals surface area contributed by atoms with Gasteiger partial charge in [-0.2, -0.15) is 0 Å². The first-order valence-corrected chi connectivity index (χ1v) is 10.8. The van der Waals surface area contributed by atoms with Crippen LogP contribution in [0, 0.1) is 0 Å². The molecule has 1 N–H and O–H groups in total. The van der Waals surface area contributed by atoms with E-state index in [9.17, 15) is 4.79 Å². The fraction of sp³-hybridized carbons (Fsp3) is 0.579. The molecule has 0 bridgehead atoms. The van der Waals surface area contributed by atoms with Gasteiger partial charge in [0.2, 0.25) is 5.91 Å². The predicted molar refractivity (Wildman–Crippen MR) is 103 cm³/mol. The lowest BCUT2D eigenvalue weighted by Gasteiger charge is -2.30. The maximum atomic E-state index is 12.7. The second kappa shape index (κ2) is 7.14. The molecule has 1 saturated heterocycles. The van der Waals surface area contributed by atoms with E-state index in [2.05, 4.69) is 30.7 Å². The fourth-order valence-corrected chi connectivity index (χ4v) is 4.59. The number of aromatic nitrogens is 4. The van der Waals surface area contributed by atoms with Crippen molar-refractivity contribution in [2.45, 2.75) is 42.8 Å². The molecule has 0 unspecified atom stereocenters. The number of hydrogen-bond acceptors (Lipinski definition) is 5. The molecule has 0 spiro atoms. The van der Waals surface area contributed by atoms with Crippen LogP contribution >= 0.6 is 11.8 Å². The maximum absolute atomic E-state index is 12.7. The van der Waals surface area contributed by atoms with Crippen molar-refractivity contribution in [2.24, 2.45) is 0 Å². The van der Waals surface area contributed by atoms with Crippen LogP contribution in [-0.2, 0) is 4.79 Å². The molecule has 2 aliphatic carbocycles. The van der Waals surface area contributed by atoms with Crippen molar-refractivity contribution < 1.29 is 9.78 Å². The first-order valence-electron chi connectivity index (χ1n) is 9.86. The quantitative estimate of drug-likeness (QED) is 0.709. The van der Waals surface area contributed by atoms with Gasteiger partial charge in [0.05, 0.1) is 25.0 Å². The number of nitrogens with zero attached hydrogens (tertiary/aromatic N) is 5. The van der Waals surface area contributed by atoms with Gasteiger partial charge in [0.15, 0.2) is 5.16 Å². The third-order valence-corrected chi connectivity index (χ3v) is 6.46. The standard InChI is InChI=1S/C19H24N6OS/c26-17(24-11-9-23(10-12-24)16-3-1-2-8-20-16)13-27-19-22-21-18(14-4-5-14)25(19)15-6-7-15/h1-3,8,14-15H,4-7,9-13H2/p+1. The minimum Gasteiger partial charge on any atom is -0.334 e. The highest BCUT2D eigenvalue weighted by Gasteiger charge is 2.36. The Balaban J connectivity index is 1.16. The van der Waals surface area contributed by atoms with E-state index in [4.69, 9.17) is 0 Å². The highest BCUT2D eigenvalue weighted by molar-refractivity contribution is 7.99. The van der Waals surface area contributed by atoms with Gasteiger partial charge in [-0.15, -0.1) is 10.2 Å². The number of H-pyrrole nitrogens is 1. The van der Waals surface area contributed by atoms with E-state index >= 15 is 0 Å². The molecule has 0 atom stereocenters. The molecule has 27 heavy (non-hydrogen) atoms. The summed E-state index contributed by atoms with van der Waals surface area (Å²) in [7, 11) is 0. The van der Waals surface area contributed by atoms with Gasteiger partial charge in [-0.3, -0.25) is 9.69 Å². The van der Waals surface area contributed by atoms with Gasteiger partial charge in [0, 0.05) is 18.0 Å². The summed E-state index contributed by atoms with van der Waals surface area (Å²) in [6.07, 6.45) is 6.85. The monoisotopic (exact) mass is 385 g/mol. The van der Waals surface area contributed by atoms with Crippen molar-refractivity contribution in [3.63, 3.8) is 0 Å². The molecule has 5 rings (SSSR count). The van der Waals surface area contributed by atoms with Gasteiger partial charge in [-0.25, -0.2) is 4.98 Å². The summed E-state index contributed by atoms with van der Waals surface area (Å²) in [5, 5.41) is 9.77. The minimum absolute atomic E-state index is 0.204. The van der Waals surface area contributed by atoms with Crippen molar-refractivity contribution in [2.75, 3.05) is 36.8 Å². The summed E-state index contributed by atoms with van der Waals surface area (Å²) in [5.41, 5.74) is 0. The Morgan fingerprint density at radius 1 is 1.11 bits per heavy atom. The Morgan fingerprint density at radius 2 is 1.93 bits per heavy atom. The number of rotatable bonds is 6. The fourth-order valence-electron chi connectivity index (χ4n) is 3.68. The number of amides is 1. The van der Waals surface area contributed by atoms with E-state index in [0.717, 1.165) is 43.0 Å². The Labute approximate surface area is 163 Å². The molecule has 2 aromatic rings. The number of thioether (sulfide) groups is 1. The Hall–Kier alpha value is -2.09. The topological polar surface area (TPSA) is 68.4 Å². The summed E-state index contributed by atoms with van der Waals surface area (Å²) in [6.45, 7) is 3.26. The predicted octanol–water partition coefficient (Wildman–Crippen LogP) is 1.75. The lowest BCUT2D eigenvalue weighted by molar-refractivity contribution is -0.364. The lowest BCUT2D eigenvalue weighted by Crippen LogP contribution is -2.50. The summed E-state index contributed by atoms with van der Waals surface area (Å²) in [4.78, 5) is 20.2. The van der Waals surface area contributed by atoms with E-state index in [1.807, 2.05) is 23.2 Å². The molecule has 1 aliphatic heterocycles. The third kappa shape index (κ3) is 3.67. The van der Waals surface area contributed by atoms with Gasteiger partial charge in [-0.1, -0.05) is 17.8 Å². The van der Waals surface area contributed by atoms with Crippen LogP contribution < -0.4 is 9.88 Å². The Morgan fingerprint density at radius 3 is 2.59 bits per heavy atom. The molecule has 1 amide bonds. The van der Waals surface area contributed by atoms with Crippen LogP contribution in [0.5, 0.6) is 0 Å². The molecule has 0 aromatic carbocycles. The summed E-state index contributed by atoms with van der Waals surface area (Å²) < 4.78 is 2.32. The van der Waals surface area contributed by atoms with Crippen molar-refractivity contribution >= 4 is 23.5 Å². The first kappa shape index (κ1) is 17.0. The van der Waals surface area contributed by atoms with E-state index in [0.29, 0.717) is 17.7 Å². The Bertz CT molecular complexity index is 809. The second-order valence-corrected chi connectivity index (χ2v) is 8.56. The molecule has 2 saturated carbocycles. The van der Waals surface area contributed by atoms with Crippen molar-refractivity contribution in [3.05, 3.63) is 30.2 Å². The zero-order valence-corrected chi connectivity index (χ0v) is 16.2. The molecule has 3 fully saturated rings. The molecule has 3 aliphatic rings. The maximum Gasteiger partial charge on any atom is 0.274 e. The Kier molecular flexibility index (Phi) is 4.51. The molecular weight excluding hydrogens is 360 g/mol. The van der Waals surface area contributed by atoms with E-state index in [1.54, 1.807) is 11.8 Å². The summed E-state index contributed by atoms with van der Waals surface area (Å²) in [5.74, 6) is 3.53. The lowest BCUT2D eigenvalue weighted by atomic mass is 10.3. The van der Waals surface area contributed by atoms with Crippen LogP contribution in [0.25, 0.3) is 0 Å². The van der Waals surface area contributed by atoms with Crippen LogP contribution in [0.2, 0.25) is 0 Å². The number of aromatic amines is 1. The second-order valence-electron chi connectivity index (χ2n) is 7.62. The van der Waals surface area contributed by atoms with E-state index < -0.39 is 0 Å². The molecule has 142 valence electrons. The third-order valence-electron chi connectivity index (χ3n) is 5.54. The average molecular weight is 386 g/mol. The van der Waals surface area contributed by atoms with Crippen LogP contribution in [0.3, 0.4) is 0 Å². The molecule has 8 heteroatoms. The number of carbonyl (C=O) groups is 1. The van der Waals surface area contributed by atoms with Crippen LogP contribution in [0.1, 0.15) is 43.5 Å². The number of anilines is 1. The average Bonchev–Trinajstić information content (AvgIpc) is 3.66. The number of pyridine rings is 1. The highest BCUT2D eigenvalue weighted by Crippen LogP contribution is 2.46. The normalized spacial score (nSPS) is 20.1. The highest BCUT2D eigenvalue weighted by atomic mass is 32.2. The smallest absolute Gasteiger partial charge is 0.274 e. The number of piperazine rings is 1. The summed E-state index contributed by atoms with van der Waals surface area (Å²) in [6, 6.07) is 6.66. The van der Waals surface area contributed by atoms with Gasteiger partial charge in [0.25, 0.3) is 5.82 Å². The minimum atomic E-state index is 0.204. The van der Waals surface area contributed by atoms with Crippen LogP contribution in [0.4, 0.5) is 5.82 Å². The zero-order valence-electron chi connectivity index (χ0n) is 15.4. The number of hydrogen-bond donors (Lipinski definition) is 0.